The van der Waals surface area contributed by atoms with Gasteiger partial charge in [-0.1, -0.05) is 12.8 Å². The van der Waals surface area contributed by atoms with Crippen molar-refractivity contribution in [2.75, 3.05) is 6.61 Å². The number of hydrogen-bond donors (Lipinski definition) is 1. The van der Waals surface area contributed by atoms with Gasteiger partial charge in [0.15, 0.2) is 0 Å². The van der Waals surface area contributed by atoms with Crippen LogP contribution >= 0.6 is 0 Å². The van der Waals surface area contributed by atoms with E-state index in [-0.39, 0.29) is 0 Å². The molecule has 2 nitrogen and oxygen atoms in total. The Bertz CT molecular complexity index is 128. The number of hydrogen-bond acceptors (Lipinski definition) is 2. The van der Waals surface area contributed by atoms with Crippen molar-refractivity contribution in [3.63, 3.8) is 0 Å². The summed E-state index contributed by atoms with van der Waals surface area (Å²) in [5.41, 5.74) is 6.06. The van der Waals surface area contributed by atoms with Gasteiger partial charge in [0.2, 0.25) is 0 Å². The molecule has 0 radical (unpaired) electrons. The highest BCUT2D eigenvalue weighted by molar-refractivity contribution is 4.87. The van der Waals surface area contributed by atoms with Crippen molar-refractivity contribution in [1.82, 2.24) is 0 Å². The average Bonchev–Trinajstić information content (AvgIpc) is 2.32. The van der Waals surface area contributed by atoms with Crippen LogP contribution in [0.5, 0.6) is 0 Å². The fourth-order valence-electron chi connectivity index (χ4n) is 2.20. The summed E-state index contributed by atoms with van der Waals surface area (Å²) in [6.45, 7) is 0.936. The molecule has 2 rings (SSSR count). The minimum atomic E-state index is 0.339. The number of nitrogens with two attached hydrogens (primary N) is 1. The summed E-state index contributed by atoms with van der Waals surface area (Å²) in [4.78, 5) is 0. The molecule has 1 saturated heterocycles. The zero-order chi connectivity index (χ0) is 7.68. The first-order valence-electron chi connectivity index (χ1n) is 4.75. The predicted molar refractivity (Wildman–Crippen MR) is 44.3 cm³/mol. The topological polar surface area (TPSA) is 35.2 Å². The Balaban J connectivity index is 1.82. The lowest BCUT2D eigenvalue weighted by molar-refractivity contribution is -0.0739. The summed E-state index contributed by atoms with van der Waals surface area (Å²) < 4.78 is 5.38. The van der Waals surface area contributed by atoms with Crippen molar-refractivity contribution < 1.29 is 4.74 Å². The van der Waals surface area contributed by atoms with Gasteiger partial charge in [-0.3, -0.25) is 0 Å². The van der Waals surface area contributed by atoms with Gasteiger partial charge in [-0.05, 0) is 25.2 Å². The molecule has 2 N–H and O–H groups in total. The van der Waals surface area contributed by atoms with Crippen molar-refractivity contribution in [1.29, 1.82) is 0 Å². The summed E-state index contributed by atoms with van der Waals surface area (Å²) in [5, 5.41) is 0. The van der Waals surface area contributed by atoms with E-state index in [1.807, 2.05) is 0 Å². The standard InChI is InChI=1S/C9H17NO/c10-9(8-5-6-11-8)7-3-1-2-4-7/h7-9H,1-6,10H2. The maximum absolute atomic E-state index is 6.06. The first-order chi connectivity index (χ1) is 5.38. The maximum Gasteiger partial charge on any atom is 0.0750 e. The molecule has 11 heavy (non-hydrogen) atoms. The molecule has 0 bridgehead atoms. The van der Waals surface area contributed by atoms with E-state index < -0.39 is 0 Å². The van der Waals surface area contributed by atoms with Crippen LogP contribution in [0.1, 0.15) is 32.1 Å². The van der Waals surface area contributed by atoms with E-state index in [2.05, 4.69) is 0 Å². The molecule has 1 heterocycles. The normalized spacial score (nSPS) is 35.2. The lowest BCUT2D eigenvalue weighted by atomic mass is 9.91. The van der Waals surface area contributed by atoms with Crippen LogP contribution in [0.4, 0.5) is 0 Å². The lowest BCUT2D eigenvalue weighted by Gasteiger charge is -2.34. The van der Waals surface area contributed by atoms with Gasteiger partial charge < -0.3 is 10.5 Å². The van der Waals surface area contributed by atoms with Crippen LogP contribution in [0.2, 0.25) is 0 Å². The molecule has 1 aliphatic carbocycles. The van der Waals surface area contributed by atoms with Gasteiger partial charge in [-0.2, -0.15) is 0 Å². The fraction of sp³-hybridized carbons (Fsp3) is 1.00. The van der Waals surface area contributed by atoms with Crippen molar-refractivity contribution in [2.45, 2.75) is 44.2 Å². The van der Waals surface area contributed by atoms with Crippen LogP contribution in [0.25, 0.3) is 0 Å². The molecule has 1 aliphatic heterocycles. The van der Waals surface area contributed by atoms with Gasteiger partial charge in [0, 0.05) is 12.6 Å². The summed E-state index contributed by atoms with van der Waals surface area (Å²) in [5.74, 6) is 0.764. The van der Waals surface area contributed by atoms with Gasteiger partial charge in [-0.25, -0.2) is 0 Å². The van der Waals surface area contributed by atoms with E-state index in [0.717, 1.165) is 12.5 Å². The lowest BCUT2D eigenvalue weighted by Crippen LogP contribution is -2.47. The van der Waals surface area contributed by atoms with Crippen LogP contribution in [0.15, 0.2) is 0 Å². The van der Waals surface area contributed by atoms with E-state index in [4.69, 9.17) is 10.5 Å². The van der Waals surface area contributed by atoms with Gasteiger partial charge >= 0.3 is 0 Å². The van der Waals surface area contributed by atoms with Crippen LogP contribution in [-0.2, 0) is 4.74 Å². The third kappa shape index (κ3) is 1.42. The van der Waals surface area contributed by atoms with E-state index in [1.165, 1.54) is 32.1 Å². The minimum Gasteiger partial charge on any atom is -0.376 e. The largest absolute Gasteiger partial charge is 0.376 e. The maximum atomic E-state index is 6.06. The van der Waals surface area contributed by atoms with E-state index in [1.54, 1.807) is 0 Å². The summed E-state index contributed by atoms with van der Waals surface area (Å²) in [6.07, 6.45) is 7.02. The third-order valence-corrected chi connectivity index (χ3v) is 3.11. The van der Waals surface area contributed by atoms with Gasteiger partial charge in [0.05, 0.1) is 6.10 Å². The summed E-state index contributed by atoms with van der Waals surface area (Å²) >= 11 is 0. The average molecular weight is 155 g/mol. The Kier molecular flexibility index (Phi) is 2.14. The van der Waals surface area contributed by atoms with Crippen molar-refractivity contribution >= 4 is 0 Å². The minimum absolute atomic E-state index is 0.339. The smallest absolute Gasteiger partial charge is 0.0750 e. The Hall–Kier alpha value is -0.0800. The van der Waals surface area contributed by atoms with Crippen molar-refractivity contribution in [2.24, 2.45) is 11.7 Å². The Morgan fingerprint density at radius 3 is 2.27 bits per heavy atom. The van der Waals surface area contributed by atoms with E-state index in [0.29, 0.717) is 12.1 Å². The summed E-state index contributed by atoms with van der Waals surface area (Å²) in [7, 11) is 0. The molecule has 0 aromatic heterocycles. The Morgan fingerprint density at radius 1 is 1.18 bits per heavy atom. The van der Waals surface area contributed by atoms with Crippen LogP contribution in [-0.4, -0.2) is 18.8 Å². The molecule has 2 fully saturated rings. The molecule has 0 spiro atoms. The van der Waals surface area contributed by atoms with Crippen LogP contribution in [0, 0.1) is 5.92 Å². The van der Waals surface area contributed by atoms with Crippen molar-refractivity contribution in [3.8, 4) is 0 Å². The quantitative estimate of drug-likeness (QED) is 0.652. The summed E-state index contributed by atoms with van der Waals surface area (Å²) in [6, 6.07) is 0.339. The SMILES string of the molecule is NC(C1CCCC1)C1CCO1. The second-order valence-electron chi connectivity index (χ2n) is 3.82. The second-order valence-corrected chi connectivity index (χ2v) is 3.82. The Labute approximate surface area is 68.1 Å². The highest BCUT2D eigenvalue weighted by Crippen LogP contribution is 2.31. The fourth-order valence-corrected chi connectivity index (χ4v) is 2.20. The molecule has 2 aliphatic rings. The predicted octanol–water partition coefficient (Wildman–Crippen LogP) is 1.29. The molecule has 0 aromatic carbocycles. The highest BCUT2D eigenvalue weighted by atomic mass is 16.5. The highest BCUT2D eigenvalue weighted by Gasteiger charge is 2.32. The van der Waals surface area contributed by atoms with Crippen LogP contribution in [0.3, 0.4) is 0 Å². The van der Waals surface area contributed by atoms with Crippen LogP contribution < -0.4 is 5.73 Å². The van der Waals surface area contributed by atoms with E-state index >= 15 is 0 Å². The second kappa shape index (κ2) is 3.11. The molecule has 64 valence electrons. The number of rotatable bonds is 2. The molecule has 2 heteroatoms. The molecule has 1 saturated carbocycles. The number of ether oxygens (including phenoxy) is 1. The first kappa shape index (κ1) is 7.56. The van der Waals surface area contributed by atoms with Crippen molar-refractivity contribution in [3.05, 3.63) is 0 Å². The molecule has 0 aromatic rings. The van der Waals surface area contributed by atoms with Gasteiger partial charge in [0.25, 0.3) is 0 Å². The zero-order valence-corrected chi connectivity index (χ0v) is 6.96. The third-order valence-electron chi connectivity index (χ3n) is 3.11. The molecule has 2 unspecified atom stereocenters. The molecule has 2 atom stereocenters. The monoisotopic (exact) mass is 155 g/mol. The molecular weight excluding hydrogens is 138 g/mol. The molecule has 0 amide bonds. The zero-order valence-electron chi connectivity index (χ0n) is 6.96. The first-order valence-corrected chi connectivity index (χ1v) is 4.75. The Morgan fingerprint density at radius 2 is 1.82 bits per heavy atom. The molecular formula is C9H17NO. The van der Waals surface area contributed by atoms with E-state index in [9.17, 15) is 0 Å². The van der Waals surface area contributed by atoms with Gasteiger partial charge in [0.1, 0.15) is 0 Å². The van der Waals surface area contributed by atoms with Gasteiger partial charge in [-0.15, -0.1) is 0 Å².